The van der Waals surface area contributed by atoms with Crippen LogP contribution >= 0.6 is 15.9 Å². The molecular formula is C16H23BrFN3O. The zero-order chi connectivity index (χ0) is 16.1. The maximum atomic E-state index is 13.3. The summed E-state index contributed by atoms with van der Waals surface area (Å²) in [7, 11) is 3.57. The van der Waals surface area contributed by atoms with Crippen molar-refractivity contribution >= 4 is 21.8 Å². The van der Waals surface area contributed by atoms with E-state index in [1.165, 1.54) is 6.07 Å². The summed E-state index contributed by atoms with van der Waals surface area (Å²) in [6.45, 7) is 2.98. The van der Waals surface area contributed by atoms with Gasteiger partial charge in [-0.15, -0.1) is 0 Å². The van der Waals surface area contributed by atoms with Gasteiger partial charge in [-0.2, -0.15) is 0 Å². The number of nitrogens with zero attached hydrogens (tertiary/aromatic N) is 2. The van der Waals surface area contributed by atoms with Crippen molar-refractivity contribution < 1.29 is 9.18 Å². The summed E-state index contributed by atoms with van der Waals surface area (Å²) in [5.74, 6) is -0.0629. The average molecular weight is 372 g/mol. The molecule has 0 aromatic heterocycles. The lowest BCUT2D eigenvalue weighted by Crippen LogP contribution is -2.45. The third-order valence-electron chi connectivity index (χ3n) is 4.03. The lowest BCUT2D eigenvalue weighted by molar-refractivity contribution is -0.130. The number of benzene rings is 1. The Labute approximate surface area is 139 Å². The molecular weight excluding hydrogens is 349 g/mol. The van der Waals surface area contributed by atoms with Crippen LogP contribution in [0, 0.1) is 5.82 Å². The first-order valence-corrected chi connectivity index (χ1v) is 8.35. The monoisotopic (exact) mass is 371 g/mol. The van der Waals surface area contributed by atoms with Gasteiger partial charge in [0.1, 0.15) is 5.82 Å². The van der Waals surface area contributed by atoms with E-state index in [1.807, 2.05) is 0 Å². The molecule has 1 N–H and O–H groups in total. The number of halogens is 2. The molecule has 122 valence electrons. The molecule has 1 aromatic rings. The Morgan fingerprint density at radius 2 is 2.09 bits per heavy atom. The summed E-state index contributed by atoms with van der Waals surface area (Å²) in [6, 6.07) is 5.17. The predicted molar refractivity (Wildman–Crippen MR) is 89.1 cm³/mol. The fourth-order valence-electron chi connectivity index (χ4n) is 2.56. The highest BCUT2D eigenvalue weighted by Crippen LogP contribution is 2.18. The fourth-order valence-corrected chi connectivity index (χ4v) is 2.95. The molecule has 1 fully saturated rings. The highest BCUT2D eigenvalue weighted by atomic mass is 79.9. The van der Waals surface area contributed by atoms with Crippen molar-refractivity contribution in [3.8, 4) is 0 Å². The number of rotatable bonds is 5. The summed E-state index contributed by atoms with van der Waals surface area (Å²) in [5, 5.41) is 3.48. The molecule has 0 radical (unpaired) electrons. The van der Waals surface area contributed by atoms with Gasteiger partial charge in [-0.1, -0.05) is 15.9 Å². The number of likely N-dealkylation sites (N-methyl/N-ethyl adjacent to an activating group) is 1. The smallest absolute Gasteiger partial charge is 0.236 e. The maximum Gasteiger partial charge on any atom is 0.236 e. The summed E-state index contributed by atoms with van der Waals surface area (Å²) in [6.07, 6.45) is 2.02. The molecule has 1 aliphatic rings. The fraction of sp³-hybridized carbons (Fsp3) is 0.562. The van der Waals surface area contributed by atoms with Crippen molar-refractivity contribution in [3.63, 3.8) is 0 Å². The largest absolute Gasteiger partial charge is 0.348 e. The summed E-state index contributed by atoms with van der Waals surface area (Å²) in [5.41, 5.74) is 0.935. The number of hydrogen-bond donors (Lipinski definition) is 1. The van der Waals surface area contributed by atoms with Crippen LogP contribution in [0.2, 0.25) is 0 Å². The number of amides is 1. The van der Waals surface area contributed by atoms with E-state index in [0.29, 0.717) is 19.1 Å². The van der Waals surface area contributed by atoms with Crippen molar-refractivity contribution in [3.05, 3.63) is 34.1 Å². The van der Waals surface area contributed by atoms with Crippen LogP contribution in [-0.4, -0.2) is 55.5 Å². The summed E-state index contributed by atoms with van der Waals surface area (Å²) >= 11 is 3.45. The Bertz CT molecular complexity index is 516. The molecule has 1 aliphatic heterocycles. The van der Waals surface area contributed by atoms with E-state index < -0.39 is 0 Å². The molecule has 0 bridgehead atoms. The number of carbonyl (C=O) groups excluding carboxylic acids is 1. The van der Waals surface area contributed by atoms with Crippen LogP contribution in [0.3, 0.4) is 0 Å². The predicted octanol–water partition coefficient (Wildman–Crippen LogP) is 2.23. The van der Waals surface area contributed by atoms with Gasteiger partial charge in [0.2, 0.25) is 5.91 Å². The third kappa shape index (κ3) is 5.04. The second-order valence-corrected chi connectivity index (χ2v) is 6.81. The quantitative estimate of drug-likeness (QED) is 0.861. The van der Waals surface area contributed by atoms with Gasteiger partial charge in [-0.3, -0.25) is 9.69 Å². The van der Waals surface area contributed by atoms with Crippen LogP contribution in [0.15, 0.2) is 22.7 Å². The molecule has 6 heteroatoms. The van der Waals surface area contributed by atoms with Crippen molar-refractivity contribution in [1.29, 1.82) is 0 Å². The van der Waals surface area contributed by atoms with Crippen LogP contribution in [0.1, 0.15) is 18.4 Å². The number of piperidine rings is 1. The summed E-state index contributed by atoms with van der Waals surface area (Å²) in [4.78, 5) is 15.5. The molecule has 1 amide bonds. The van der Waals surface area contributed by atoms with Crippen LogP contribution in [0.5, 0.6) is 0 Å². The lowest BCUT2D eigenvalue weighted by Gasteiger charge is -2.32. The van der Waals surface area contributed by atoms with Gasteiger partial charge in [0.05, 0.1) is 6.54 Å². The first-order chi connectivity index (χ1) is 10.5. The molecule has 22 heavy (non-hydrogen) atoms. The minimum atomic E-state index is -0.211. The first-order valence-electron chi connectivity index (χ1n) is 7.55. The summed E-state index contributed by atoms with van der Waals surface area (Å²) < 4.78 is 14.2. The second-order valence-electron chi connectivity index (χ2n) is 5.96. The molecule has 1 saturated heterocycles. The van der Waals surface area contributed by atoms with E-state index in [0.717, 1.165) is 36.0 Å². The topological polar surface area (TPSA) is 35.6 Å². The van der Waals surface area contributed by atoms with Crippen LogP contribution in [-0.2, 0) is 11.3 Å². The number of nitrogens with one attached hydrogen (secondary N) is 1. The van der Waals surface area contributed by atoms with Crippen molar-refractivity contribution in [2.75, 3.05) is 33.7 Å². The second kappa shape index (κ2) is 8.04. The van der Waals surface area contributed by atoms with Gasteiger partial charge < -0.3 is 10.2 Å². The average Bonchev–Trinajstić information content (AvgIpc) is 2.49. The third-order valence-corrected chi connectivity index (χ3v) is 4.81. The number of hydrogen-bond acceptors (Lipinski definition) is 3. The van der Waals surface area contributed by atoms with Gasteiger partial charge in [0.25, 0.3) is 0 Å². The molecule has 4 nitrogen and oxygen atoms in total. The molecule has 1 aromatic carbocycles. The Balaban J connectivity index is 1.76. The normalized spacial score (nSPS) is 16.7. The van der Waals surface area contributed by atoms with Gasteiger partial charge in [-0.25, -0.2) is 4.39 Å². The SMILES string of the molecule is CN(C)C(=O)CN1CCC(NCc2cc(F)ccc2Br)CC1. The van der Waals surface area contributed by atoms with Gasteiger partial charge in [0.15, 0.2) is 0 Å². The molecule has 2 rings (SSSR count). The minimum absolute atomic E-state index is 0.148. The Hall–Kier alpha value is -0.980. The van der Waals surface area contributed by atoms with Crippen LogP contribution in [0.25, 0.3) is 0 Å². The highest BCUT2D eigenvalue weighted by Gasteiger charge is 2.21. The van der Waals surface area contributed by atoms with E-state index in [1.54, 1.807) is 31.1 Å². The minimum Gasteiger partial charge on any atom is -0.348 e. The maximum absolute atomic E-state index is 13.3. The zero-order valence-corrected chi connectivity index (χ0v) is 14.7. The van der Waals surface area contributed by atoms with E-state index >= 15 is 0 Å². The van der Waals surface area contributed by atoms with E-state index in [4.69, 9.17) is 0 Å². The standard InChI is InChI=1S/C16H23BrFN3O/c1-20(2)16(22)11-21-7-5-14(6-8-21)19-10-12-9-13(18)3-4-15(12)17/h3-4,9,14,19H,5-8,10-11H2,1-2H3. The molecule has 0 saturated carbocycles. The highest BCUT2D eigenvalue weighted by molar-refractivity contribution is 9.10. The van der Waals surface area contributed by atoms with Crippen LogP contribution in [0.4, 0.5) is 4.39 Å². The Morgan fingerprint density at radius 1 is 1.41 bits per heavy atom. The van der Waals surface area contributed by atoms with Gasteiger partial charge in [-0.05, 0) is 36.6 Å². The Kier molecular flexibility index (Phi) is 6.35. The molecule has 0 aliphatic carbocycles. The van der Waals surface area contributed by atoms with Gasteiger partial charge in [0, 0.05) is 44.2 Å². The van der Waals surface area contributed by atoms with E-state index in [-0.39, 0.29) is 11.7 Å². The molecule has 1 heterocycles. The molecule has 0 unspecified atom stereocenters. The Morgan fingerprint density at radius 3 is 2.73 bits per heavy atom. The number of carbonyl (C=O) groups is 1. The molecule has 0 atom stereocenters. The molecule has 0 spiro atoms. The van der Waals surface area contributed by atoms with Crippen molar-refractivity contribution in [2.45, 2.75) is 25.4 Å². The van der Waals surface area contributed by atoms with Crippen molar-refractivity contribution in [1.82, 2.24) is 15.1 Å². The van der Waals surface area contributed by atoms with Crippen molar-refractivity contribution in [2.24, 2.45) is 0 Å². The number of likely N-dealkylation sites (tertiary alicyclic amines) is 1. The van der Waals surface area contributed by atoms with E-state index in [2.05, 4.69) is 26.1 Å². The first kappa shape index (κ1) is 17.4. The van der Waals surface area contributed by atoms with Gasteiger partial charge >= 0.3 is 0 Å². The van der Waals surface area contributed by atoms with Crippen LogP contribution < -0.4 is 5.32 Å². The lowest BCUT2D eigenvalue weighted by atomic mass is 10.0. The zero-order valence-electron chi connectivity index (χ0n) is 13.1. The van der Waals surface area contributed by atoms with E-state index in [9.17, 15) is 9.18 Å².